The first kappa shape index (κ1) is 36.1. The number of benzene rings is 3. The molecule has 1 heterocycles. The van der Waals surface area contributed by atoms with E-state index < -0.39 is 41.5 Å². The van der Waals surface area contributed by atoms with Crippen molar-refractivity contribution in [1.82, 2.24) is 9.30 Å². The number of nitrogens with one attached hydrogen (secondary N) is 1. The maximum Gasteiger partial charge on any atom is 0.307 e. The van der Waals surface area contributed by atoms with Crippen molar-refractivity contribution >= 4 is 42.8 Å². The summed E-state index contributed by atoms with van der Waals surface area (Å²) in [7, 11) is -9.48. The average molecular weight is 686 g/mol. The highest BCUT2D eigenvalue weighted by atomic mass is 32.2. The quantitative estimate of drug-likeness (QED) is 0.0963. The number of carbonyl (C=O) groups is 1. The van der Waals surface area contributed by atoms with E-state index >= 15 is 0 Å². The number of nitrogens with zero attached hydrogens (tertiary/aromatic N) is 2. The number of hydrogen-bond acceptors (Lipinski definition) is 9. The van der Waals surface area contributed by atoms with Gasteiger partial charge in [0.1, 0.15) is 40.2 Å². The molecule has 0 fully saturated rings. The highest BCUT2D eigenvalue weighted by Gasteiger charge is 2.25. The Labute approximate surface area is 277 Å². The molecule has 2 aliphatic rings. The molecule has 4 rings (SSSR count). The van der Waals surface area contributed by atoms with Gasteiger partial charge in [-0.1, -0.05) is 6.07 Å². The second kappa shape index (κ2) is 14.1. The zero-order valence-electron chi connectivity index (χ0n) is 27.9. The van der Waals surface area contributed by atoms with Crippen LogP contribution in [0.15, 0.2) is 68.8 Å². The predicted molar refractivity (Wildman–Crippen MR) is 182 cm³/mol. The SMILES string of the molecule is CCN(CC)c1ccc2c(-c3ccc(S(=O)(=O)NCCC(=O)OC(C)(C)C)cc3S(=O)(=O)[O-])c3ccc(=[N+](CC)CC)cc-3oc2c1. The fourth-order valence-corrected chi connectivity index (χ4v) is 7.42. The van der Waals surface area contributed by atoms with Gasteiger partial charge in [-0.05, 0) is 78.8 Å². The molecular weight excluding hydrogens is 643 g/mol. The van der Waals surface area contributed by atoms with Crippen LogP contribution in [-0.4, -0.2) is 65.7 Å². The molecule has 254 valence electrons. The van der Waals surface area contributed by atoms with Crippen molar-refractivity contribution in [2.75, 3.05) is 37.6 Å². The van der Waals surface area contributed by atoms with Crippen molar-refractivity contribution in [1.29, 1.82) is 0 Å². The smallest absolute Gasteiger partial charge is 0.307 e. The number of esters is 1. The standard InChI is InChI=1S/C34H43N3O8S2/c1-8-36(9-2)23-12-15-26-29(20-23)44-30-21-24(37(10-3)11-4)13-16-27(30)33(26)28-17-14-25(22-31(28)47(41,42)43)46(39,40)35-19-18-32(38)45-34(5,6)7/h12-17,20-22,35H,8-11,18-19H2,1-7H3. The van der Waals surface area contributed by atoms with Crippen LogP contribution < -0.4 is 19.6 Å². The first-order chi connectivity index (χ1) is 22.0. The van der Waals surface area contributed by atoms with Gasteiger partial charge in [0, 0.05) is 59.5 Å². The highest BCUT2D eigenvalue weighted by Crippen LogP contribution is 2.43. The lowest BCUT2D eigenvalue weighted by molar-refractivity contribution is -0.154. The number of fused-ring (bicyclic) bond motifs is 2. The van der Waals surface area contributed by atoms with Gasteiger partial charge in [0.2, 0.25) is 15.4 Å². The summed E-state index contributed by atoms with van der Waals surface area (Å²) < 4.78 is 80.8. The highest BCUT2D eigenvalue weighted by molar-refractivity contribution is 7.89. The van der Waals surface area contributed by atoms with Crippen molar-refractivity contribution in [2.24, 2.45) is 0 Å². The van der Waals surface area contributed by atoms with Gasteiger partial charge in [-0.3, -0.25) is 4.79 Å². The topological polar surface area (TPSA) is 149 Å². The molecule has 0 saturated heterocycles. The molecule has 0 amide bonds. The Morgan fingerprint density at radius 3 is 2.17 bits per heavy atom. The minimum Gasteiger partial charge on any atom is -0.744 e. The summed E-state index contributed by atoms with van der Waals surface area (Å²) in [6.45, 7) is 16.0. The Morgan fingerprint density at radius 1 is 0.915 bits per heavy atom. The van der Waals surface area contributed by atoms with Crippen LogP contribution in [0.3, 0.4) is 0 Å². The van der Waals surface area contributed by atoms with Crippen LogP contribution in [-0.2, 0) is 29.7 Å². The Morgan fingerprint density at radius 2 is 1.57 bits per heavy atom. The summed E-state index contributed by atoms with van der Waals surface area (Å²) in [6.07, 6.45) is -0.238. The Hall–Kier alpha value is -3.78. The van der Waals surface area contributed by atoms with E-state index in [2.05, 4.69) is 14.2 Å². The van der Waals surface area contributed by atoms with Crippen LogP contribution in [0, 0.1) is 0 Å². The second-order valence-corrected chi connectivity index (χ2v) is 15.1. The van der Waals surface area contributed by atoms with E-state index in [0.717, 1.165) is 43.3 Å². The van der Waals surface area contributed by atoms with E-state index in [1.807, 2.05) is 64.1 Å². The molecular formula is C34H43N3O8S2. The van der Waals surface area contributed by atoms with Crippen LogP contribution in [0.2, 0.25) is 0 Å². The summed E-state index contributed by atoms with van der Waals surface area (Å²) >= 11 is 0. The van der Waals surface area contributed by atoms with Gasteiger partial charge in [0.05, 0.1) is 22.3 Å². The van der Waals surface area contributed by atoms with Gasteiger partial charge >= 0.3 is 5.97 Å². The molecule has 0 radical (unpaired) electrons. The molecule has 0 spiro atoms. The number of rotatable bonds is 12. The molecule has 2 aromatic carbocycles. The fraction of sp³-hybridized carbons (Fsp3) is 0.412. The van der Waals surface area contributed by atoms with E-state index in [0.29, 0.717) is 27.9 Å². The largest absolute Gasteiger partial charge is 0.744 e. The molecule has 1 aliphatic carbocycles. The molecule has 0 bridgehead atoms. The molecule has 0 saturated carbocycles. The van der Waals surface area contributed by atoms with Gasteiger partial charge < -0.3 is 18.6 Å². The fourth-order valence-electron chi connectivity index (χ4n) is 5.58. The van der Waals surface area contributed by atoms with Crippen LogP contribution in [0.25, 0.3) is 33.4 Å². The predicted octanol–water partition coefficient (Wildman–Crippen LogP) is 4.78. The summed E-state index contributed by atoms with van der Waals surface area (Å²) in [5.41, 5.74) is 1.68. The Bertz CT molecular complexity index is 2040. The number of hydrogen-bond donors (Lipinski definition) is 1. The third-order valence-corrected chi connectivity index (χ3v) is 10.1. The molecule has 13 heteroatoms. The maximum atomic E-state index is 13.2. The summed E-state index contributed by atoms with van der Waals surface area (Å²) in [5, 5.41) is 1.46. The van der Waals surface area contributed by atoms with Crippen LogP contribution >= 0.6 is 0 Å². The van der Waals surface area contributed by atoms with Crippen molar-refractivity contribution in [3.05, 3.63) is 60.0 Å². The minimum absolute atomic E-state index is 0.0460. The Kier molecular flexibility index (Phi) is 10.9. The van der Waals surface area contributed by atoms with Crippen LogP contribution in [0.5, 0.6) is 0 Å². The van der Waals surface area contributed by atoms with Gasteiger partial charge in [-0.25, -0.2) is 26.1 Å². The molecule has 0 aromatic heterocycles. The van der Waals surface area contributed by atoms with E-state index in [9.17, 15) is 26.2 Å². The van der Waals surface area contributed by atoms with E-state index in [1.165, 1.54) is 12.1 Å². The van der Waals surface area contributed by atoms with Crippen LogP contribution in [0.4, 0.5) is 5.69 Å². The molecule has 47 heavy (non-hydrogen) atoms. The average Bonchev–Trinajstić information content (AvgIpc) is 2.99. The summed E-state index contributed by atoms with van der Waals surface area (Å²) in [4.78, 5) is 13.1. The van der Waals surface area contributed by atoms with E-state index in [-0.39, 0.29) is 18.5 Å². The molecule has 1 N–H and O–H groups in total. The summed E-state index contributed by atoms with van der Waals surface area (Å²) in [6, 6.07) is 14.7. The lowest BCUT2D eigenvalue weighted by Crippen LogP contribution is -2.29. The molecule has 2 aromatic rings. The summed E-state index contributed by atoms with van der Waals surface area (Å²) in [5.74, 6) is -0.122. The molecule has 1 aliphatic heterocycles. The van der Waals surface area contributed by atoms with Gasteiger partial charge in [0.15, 0.2) is 0 Å². The third kappa shape index (κ3) is 8.21. The minimum atomic E-state index is -5.18. The number of ether oxygens (including phenoxy) is 1. The molecule has 11 nitrogen and oxygen atoms in total. The van der Waals surface area contributed by atoms with Crippen molar-refractivity contribution in [3.8, 4) is 22.5 Å². The zero-order chi connectivity index (χ0) is 34.7. The third-order valence-electron chi connectivity index (χ3n) is 7.79. The van der Waals surface area contributed by atoms with Crippen molar-refractivity contribution in [2.45, 2.75) is 70.3 Å². The van der Waals surface area contributed by atoms with Gasteiger partial charge in [-0.15, -0.1) is 0 Å². The van der Waals surface area contributed by atoms with Crippen LogP contribution in [0.1, 0.15) is 54.9 Å². The maximum absolute atomic E-state index is 13.2. The number of sulfonamides is 1. The molecule has 0 unspecified atom stereocenters. The van der Waals surface area contributed by atoms with Gasteiger partial charge in [0.25, 0.3) is 0 Å². The normalized spacial score (nSPS) is 12.4. The Balaban J connectivity index is 1.93. The zero-order valence-corrected chi connectivity index (χ0v) is 29.5. The van der Waals surface area contributed by atoms with Crippen molar-refractivity contribution in [3.63, 3.8) is 0 Å². The van der Waals surface area contributed by atoms with Crippen molar-refractivity contribution < 1.29 is 35.3 Å². The van der Waals surface area contributed by atoms with E-state index in [4.69, 9.17) is 9.15 Å². The monoisotopic (exact) mass is 685 g/mol. The first-order valence-electron chi connectivity index (χ1n) is 15.7. The number of carbonyl (C=O) groups excluding carboxylic acids is 1. The number of anilines is 1. The first-order valence-corrected chi connectivity index (χ1v) is 18.6. The molecule has 0 atom stereocenters. The lowest BCUT2D eigenvalue weighted by atomic mass is 9.93. The second-order valence-electron chi connectivity index (χ2n) is 12.0. The van der Waals surface area contributed by atoms with Gasteiger partial charge in [-0.2, -0.15) is 0 Å². The lowest BCUT2D eigenvalue weighted by Gasteiger charge is -2.23. The van der Waals surface area contributed by atoms with E-state index in [1.54, 1.807) is 20.8 Å².